The van der Waals surface area contributed by atoms with Crippen LogP contribution in [0, 0.1) is 0 Å². The van der Waals surface area contributed by atoms with E-state index >= 15 is 0 Å². The second kappa shape index (κ2) is 3.75. The monoisotopic (exact) mass is 227 g/mol. The lowest BCUT2D eigenvalue weighted by molar-refractivity contribution is 0.585. The van der Waals surface area contributed by atoms with Crippen molar-refractivity contribution in [2.75, 3.05) is 5.73 Å². The molecule has 0 unspecified atom stereocenters. The van der Waals surface area contributed by atoms with Gasteiger partial charge in [-0.3, -0.25) is 5.10 Å². The van der Waals surface area contributed by atoms with Crippen molar-refractivity contribution in [3.63, 3.8) is 0 Å². The fraction of sp³-hybridized carbons (Fsp3) is 0. The number of anilines is 1. The number of hydrogen-bond donors (Lipinski definition) is 2. The number of hydrogen-bond acceptors (Lipinski definition) is 5. The summed E-state index contributed by atoms with van der Waals surface area (Å²) in [6, 6.07) is 9.54. The summed E-state index contributed by atoms with van der Waals surface area (Å²) in [6.45, 7) is 0. The van der Waals surface area contributed by atoms with Gasteiger partial charge < -0.3 is 10.2 Å². The molecule has 6 nitrogen and oxygen atoms in total. The number of nitrogens with two attached hydrogens (primary N) is 1. The molecule has 0 radical (unpaired) electrons. The molecule has 1 aromatic carbocycles. The van der Waals surface area contributed by atoms with E-state index in [2.05, 4.69) is 20.4 Å². The molecule has 0 saturated carbocycles. The Balaban J connectivity index is 2.02. The minimum absolute atomic E-state index is 0.357. The molecule has 0 aliphatic heterocycles. The lowest BCUT2D eigenvalue weighted by Gasteiger charge is -1.92. The van der Waals surface area contributed by atoms with E-state index in [0.717, 1.165) is 5.56 Å². The summed E-state index contributed by atoms with van der Waals surface area (Å²) in [5.74, 6) is 1.23. The standard InChI is InChI=1S/C11H9N5O/c12-9-8(6-13-14-9)11-16-15-10(17-11)7-4-2-1-3-5-7/h1-6H,(H3,12,13,14). The second-order valence-corrected chi connectivity index (χ2v) is 3.48. The van der Waals surface area contributed by atoms with E-state index in [1.54, 1.807) is 6.20 Å². The third-order valence-corrected chi connectivity index (χ3v) is 2.34. The molecular weight excluding hydrogens is 218 g/mol. The average molecular weight is 227 g/mol. The van der Waals surface area contributed by atoms with Gasteiger partial charge in [0.05, 0.1) is 6.20 Å². The predicted molar refractivity (Wildman–Crippen MR) is 61.7 cm³/mol. The third kappa shape index (κ3) is 1.65. The number of aromatic nitrogens is 4. The molecular formula is C11H9N5O. The van der Waals surface area contributed by atoms with Gasteiger partial charge in [0, 0.05) is 5.56 Å². The molecule has 0 saturated heterocycles. The molecule has 2 aromatic heterocycles. The SMILES string of the molecule is Nc1[nH]ncc1-c1nnc(-c2ccccc2)o1. The van der Waals surface area contributed by atoms with Crippen LogP contribution in [0.5, 0.6) is 0 Å². The van der Waals surface area contributed by atoms with Gasteiger partial charge in [-0.25, -0.2) is 0 Å². The molecule has 0 atom stereocenters. The summed E-state index contributed by atoms with van der Waals surface area (Å²) in [5, 5.41) is 14.3. The molecule has 3 aromatic rings. The molecule has 0 fully saturated rings. The van der Waals surface area contributed by atoms with Crippen LogP contribution in [-0.4, -0.2) is 20.4 Å². The smallest absolute Gasteiger partial charge is 0.253 e. The Morgan fingerprint density at radius 1 is 1.06 bits per heavy atom. The second-order valence-electron chi connectivity index (χ2n) is 3.48. The fourth-order valence-corrected chi connectivity index (χ4v) is 1.50. The van der Waals surface area contributed by atoms with Crippen LogP contribution in [0.1, 0.15) is 0 Å². The summed E-state index contributed by atoms with van der Waals surface area (Å²) in [4.78, 5) is 0. The molecule has 3 N–H and O–H groups in total. The van der Waals surface area contributed by atoms with Gasteiger partial charge in [0.2, 0.25) is 5.89 Å². The van der Waals surface area contributed by atoms with Crippen molar-refractivity contribution in [3.8, 4) is 22.9 Å². The zero-order valence-corrected chi connectivity index (χ0v) is 8.79. The minimum atomic E-state index is 0.357. The Labute approximate surface area is 96.5 Å². The van der Waals surface area contributed by atoms with Gasteiger partial charge in [-0.2, -0.15) is 5.10 Å². The first-order chi connectivity index (χ1) is 8.34. The van der Waals surface area contributed by atoms with Crippen LogP contribution in [0.2, 0.25) is 0 Å². The molecule has 0 amide bonds. The van der Waals surface area contributed by atoms with Crippen LogP contribution in [0.3, 0.4) is 0 Å². The van der Waals surface area contributed by atoms with E-state index in [0.29, 0.717) is 23.2 Å². The Morgan fingerprint density at radius 3 is 2.53 bits per heavy atom. The van der Waals surface area contributed by atoms with Crippen LogP contribution in [0.25, 0.3) is 22.9 Å². The van der Waals surface area contributed by atoms with Crippen molar-refractivity contribution >= 4 is 5.82 Å². The molecule has 0 bridgehead atoms. The average Bonchev–Trinajstić information content (AvgIpc) is 2.98. The van der Waals surface area contributed by atoms with Crippen molar-refractivity contribution in [2.24, 2.45) is 0 Å². The summed E-state index contributed by atoms with van der Waals surface area (Å²) >= 11 is 0. The molecule has 0 aliphatic carbocycles. The number of rotatable bonds is 2. The van der Waals surface area contributed by atoms with Crippen LogP contribution in [0.15, 0.2) is 40.9 Å². The molecule has 84 valence electrons. The maximum absolute atomic E-state index is 5.67. The van der Waals surface area contributed by atoms with Gasteiger partial charge in [-0.05, 0) is 12.1 Å². The predicted octanol–water partition coefficient (Wildman–Crippen LogP) is 1.71. The first-order valence-electron chi connectivity index (χ1n) is 5.03. The highest BCUT2D eigenvalue weighted by atomic mass is 16.4. The Morgan fingerprint density at radius 2 is 1.82 bits per heavy atom. The van der Waals surface area contributed by atoms with Crippen molar-refractivity contribution in [1.82, 2.24) is 20.4 Å². The van der Waals surface area contributed by atoms with Crippen LogP contribution in [-0.2, 0) is 0 Å². The van der Waals surface area contributed by atoms with Crippen molar-refractivity contribution in [3.05, 3.63) is 36.5 Å². The third-order valence-electron chi connectivity index (χ3n) is 2.34. The van der Waals surface area contributed by atoms with E-state index in [-0.39, 0.29) is 0 Å². The number of benzene rings is 1. The number of aromatic amines is 1. The number of nitrogens with zero attached hydrogens (tertiary/aromatic N) is 3. The lowest BCUT2D eigenvalue weighted by Crippen LogP contribution is -1.87. The zero-order valence-electron chi connectivity index (χ0n) is 8.79. The topological polar surface area (TPSA) is 93.6 Å². The Bertz CT molecular complexity index is 628. The van der Waals surface area contributed by atoms with E-state index in [4.69, 9.17) is 10.2 Å². The van der Waals surface area contributed by atoms with Gasteiger partial charge in [0.1, 0.15) is 11.4 Å². The first-order valence-corrected chi connectivity index (χ1v) is 5.03. The summed E-state index contributed by atoms with van der Waals surface area (Å²) < 4.78 is 5.53. The quantitative estimate of drug-likeness (QED) is 0.695. The first kappa shape index (κ1) is 9.59. The molecule has 0 aliphatic rings. The van der Waals surface area contributed by atoms with Crippen molar-refractivity contribution in [2.45, 2.75) is 0 Å². The van der Waals surface area contributed by atoms with E-state index in [1.807, 2.05) is 30.3 Å². The molecule has 6 heteroatoms. The Hall–Kier alpha value is -2.63. The van der Waals surface area contributed by atoms with Gasteiger partial charge in [-0.1, -0.05) is 18.2 Å². The highest BCUT2D eigenvalue weighted by Gasteiger charge is 2.13. The zero-order chi connectivity index (χ0) is 11.7. The maximum Gasteiger partial charge on any atom is 0.253 e. The van der Waals surface area contributed by atoms with Crippen molar-refractivity contribution in [1.29, 1.82) is 0 Å². The molecule has 3 rings (SSSR count). The molecule has 17 heavy (non-hydrogen) atoms. The summed E-state index contributed by atoms with van der Waals surface area (Å²) in [7, 11) is 0. The van der Waals surface area contributed by atoms with E-state index < -0.39 is 0 Å². The Kier molecular flexibility index (Phi) is 2.11. The van der Waals surface area contributed by atoms with E-state index in [1.165, 1.54) is 0 Å². The van der Waals surface area contributed by atoms with E-state index in [9.17, 15) is 0 Å². The van der Waals surface area contributed by atoms with Crippen LogP contribution < -0.4 is 5.73 Å². The van der Waals surface area contributed by atoms with Gasteiger partial charge in [-0.15, -0.1) is 10.2 Å². The maximum atomic E-state index is 5.67. The van der Waals surface area contributed by atoms with Gasteiger partial charge >= 0.3 is 0 Å². The van der Waals surface area contributed by atoms with Gasteiger partial charge in [0.15, 0.2) is 0 Å². The van der Waals surface area contributed by atoms with Crippen LogP contribution in [0.4, 0.5) is 5.82 Å². The molecule has 0 spiro atoms. The fourth-order valence-electron chi connectivity index (χ4n) is 1.50. The van der Waals surface area contributed by atoms with Crippen molar-refractivity contribution < 1.29 is 4.42 Å². The molecule has 2 heterocycles. The number of nitrogen functional groups attached to an aromatic ring is 1. The lowest BCUT2D eigenvalue weighted by atomic mass is 10.2. The highest BCUT2D eigenvalue weighted by molar-refractivity contribution is 5.66. The largest absolute Gasteiger partial charge is 0.416 e. The minimum Gasteiger partial charge on any atom is -0.416 e. The summed E-state index contributed by atoms with van der Waals surface area (Å²) in [5.41, 5.74) is 7.15. The van der Waals surface area contributed by atoms with Crippen LogP contribution >= 0.6 is 0 Å². The highest BCUT2D eigenvalue weighted by Crippen LogP contribution is 2.25. The normalized spacial score (nSPS) is 10.6. The van der Waals surface area contributed by atoms with Gasteiger partial charge in [0.25, 0.3) is 5.89 Å². The number of nitrogens with one attached hydrogen (secondary N) is 1. The summed E-state index contributed by atoms with van der Waals surface area (Å²) in [6.07, 6.45) is 1.55. The number of H-pyrrole nitrogens is 1.